The van der Waals surface area contributed by atoms with Crippen LogP contribution in [0.5, 0.6) is 0 Å². The van der Waals surface area contributed by atoms with Crippen molar-refractivity contribution in [3.05, 3.63) is 35.9 Å². The van der Waals surface area contributed by atoms with Gasteiger partial charge in [0, 0.05) is 13.0 Å². The summed E-state index contributed by atoms with van der Waals surface area (Å²) >= 11 is 0. The Morgan fingerprint density at radius 3 is 2.03 bits per heavy atom. The zero-order valence-corrected chi connectivity index (χ0v) is 21.3. The molecule has 0 aliphatic rings. The first kappa shape index (κ1) is 32.3. The highest BCUT2D eigenvalue weighted by atomic mass is 16.4. The number of hydrogen-bond donors (Lipinski definition) is 9. The van der Waals surface area contributed by atoms with Gasteiger partial charge in [0.1, 0.15) is 18.1 Å². The summed E-state index contributed by atoms with van der Waals surface area (Å²) in [5.74, 6) is -3.61. The second-order valence-electron chi connectivity index (χ2n) is 8.73. The van der Waals surface area contributed by atoms with Crippen LogP contribution in [-0.2, 0) is 25.6 Å². The lowest BCUT2D eigenvalue weighted by Crippen LogP contribution is -2.58. The molecule has 1 rings (SSSR count). The maximum atomic E-state index is 13.1. The number of aliphatic carboxylic acids is 1. The van der Waals surface area contributed by atoms with Crippen LogP contribution in [-0.4, -0.2) is 83.7 Å². The lowest BCUT2D eigenvalue weighted by molar-refractivity contribution is -0.142. The molecule has 38 heavy (non-hydrogen) atoms. The summed E-state index contributed by atoms with van der Waals surface area (Å²) in [4.78, 5) is 53.9. The topological polar surface area (TPSA) is 261 Å². The molecule has 212 valence electrons. The Kier molecular flexibility index (Phi) is 15.0. The number of carboxylic acid groups (broad SMARTS) is 1. The molecule has 0 aromatic heterocycles. The molecular formula is C24H40N8O6. The quantitative estimate of drug-likeness (QED) is 0.0531. The maximum absolute atomic E-state index is 13.1. The monoisotopic (exact) mass is 536 g/mol. The number of benzene rings is 1. The van der Waals surface area contributed by atoms with Crippen LogP contribution in [0.3, 0.4) is 0 Å². The van der Waals surface area contributed by atoms with Crippen molar-refractivity contribution in [2.45, 2.75) is 62.7 Å². The summed E-state index contributed by atoms with van der Waals surface area (Å²) in [7, 11) is 0. The number of unbranched alkanes of at least 4 members (excludes halogenated alkanes) is 1. The lowest BCUT2D eigenvalue weighted by Gasteiger charge is -2.24. The number of aliphatic hydroxyl groups is 1. The van der Waals surface area contributed by atoms with E-state index >= 15 is 0 Å². The van der Waals surface area contributed by atoms with Crippen molar-refractivity contribution in [1.29, 1.82) is 0 Å². The highest BCUT2D eigenvalue weighted by Gasteiger charge is 2.30. The minimum atomic E-state index is -1.37. The third-order valence-corrected chi connectivity index (χ3v) is 5.60. The highest BCUT2D eigenvalue weighted by molar-refractivity contribution is 5.94. The van der Waals surface area contributed by atoms with Crippen LogP contribution >= 0.6 is 0 Å². The Morgan fingerprint density at radius 1 is 0.842 bits per heavy atom. The number of aliphatic hydroxyl groups excluding tert-OH is 1. The van der Waals surface area contributed by atoms with Gasteiger partial charge in [0.2, 0.25) is 17.7 Å². The SMILES string of the molecule is NCCCCC(N)C(=O)NC(CO)C(=O)NC(Cc1ccccc1)C(=O)NC(CCCN=C(N)N)C(=O)O. The molecule has 0 saturated heterocycles. The van der Waals surface area contributed by atoms with Gasteiger partial charge in [0.05, 0.1) is 12.6 Å². The van der Waals surface area contributed by atoms with Gasteiger partial charge in [-0.1, -0.05) is 36.8 Å². The molecule has 4 unspecified atom stereocenters. The van der Waals surface area contributed by atoms with Crippen molar-refractivity contribution in [2.75, 3.05) is 19.7 Å². The summed E-state index contributed by atoms with van der Waals surface area (Å²) in [6, 6.07) is 4.02. The normalized spacial score (nSPS) is 13.9. The molecule has 0 heterocycles. The van der Waals surface area contributed by atoms with Crippen molar-refractivity contribution in [1.82, 2.24) is 16.0 Å². The van der Waals surface area contributed by atoms with E-state index in [1.807, 2.05) is 0 Å². The van der Waals surface area contributed by atoms with Crippen LogP contribution in [0.1, 0.15) is 37.7 Å². The molecule has 0 radical (unpaired) electrons. The number of carbonyl (C=O) groups is 4. The van der Waals surface area contributed by atoms with E-state index in [2.05, 4.69) is 20.9 Å². The van der Waals surface area contributed by atoms with Gasteiger partial charge < -0.3 is 49.1 Å². The van der Waals surface area contributed by atoms with Crippen LogP contribution in [0.15, 0.2) is 35.3 Å². The summed E-state index contributed by atoms with van der Waals surface area (Å²) in [5, 5.41) is 26.6. The smallest absolute Gasteiger partial charge is 0.326 e. The summed E-state index contributed by atoms with van der Waals surface area (Å²) < 4.78 is 0. The minimum absolute atomic E-state index is 0.0312. The van der Waals surface area contributed by atoms with Gasteiger partial charge in [0.25, 0.3) is 0 Å². The van der Waals surface area contributed by atoms with Gasteiger partial charge in [-0.25, -0.2) is 4.79 Å². The van der Waals surface area contributed by atoms with Gasteiger partial charge >= 0.3 is 5.97 Å². The number of hydrogen-bond acceptors (Lipinski definition) is 8. The number of rotatable bonds is 18. The minimum Gasteiger partial charge on any atom is -0.480 e. The standard InChI is InChI=1S/C24H40N8O6/c25-11-5-4-9-16(26)20(34)32-19(14-33)22(36)31-18(13-15-7-2-1-3-8-15)21(35)30-17(23(37)38)10-6-12-29-24(27)28/h1-3,7-8,16-19,33H,4-6,9-14,25-26H2,(H,30,35)(H,31,36)(H,32,34)(H,37,38)(H4,27,28,29). The van der Waals surface area contributed by atoms with Crippen molar-refractivity contribution in [3.8, 4) is 0 Å². The maximum Gasteiger partial charge on any atom is 0.326 e. The first-order valence-electron chi connectivity index (χ1n) is 12.4. The van der Waals surface area contributed by atoms with Gasteiger partial charge in [-0.05, 0) is 37.8 Å². The molecule has 4 atom stereocenters. The van der Waals surface area contributed by atoms with E-state index in [-0.39, 0.29) is 31.8 Å². The van der Waals surface area contributed by atoms with Crippen LogP contribution in [0.2, 0.25) is 0 Å². The van der Waals surface area contributed by atoms with Gasteiger partial charge in [0.15, 0.2) is 5.96 Å². The predicted octanol–water partition coefficient (Wildman–Crippen LogP) is -2.73. The number of amides is 3. The molecule has 14 heteroatoms. The fraction of sp³-hybridized carbons (Fsp3) is 0.542. The van der Waals surface area contributed by atoms with E-state index in [1.54, 1.807) is 30.3 Å². The first-order chi connectivity index (χ1) is 18.1. The van der Waals surface area contributed by atoms with Gasteiger partial charge in [-0.3, -0.25) is 19.4 Å². The van der Waals surface area contributed by atoms with Gasteiger partial charge in [-0.15, -0.1) is 0 Å². The second-order valence-corrected chi connectivity index (χ2v) is 8.73. The Labute approximate surface area is 221 Å². The molecule has 1 aromatic rings. The summed E-state index contributed by atoms with van der Waals surface area (Å²) in [6.07, 6.45) is 2.02. The number of nitrogens with two attached hydrogens (primary N) is 4. The average Bonchev–Trinajstić information content (AvgIpc) is 2.88. The zero-order valence-electron chi connectivity index (χ0n) is 21.3. The largest absolute Gasteiger partial charge is 0.480 e. The number of nitrogens with zero attached hydrogens (tertiary/aromatic N) is 1. The average molecular weight is 537 g/mol. The molecule has 0 spiro atoms. The molecule has 14 nitrogen and oxygen atoms in total. The van der Waals surface area contributed by atoms with E-state index in [0.29, 0.717) is 31.4 Å². The molecule has 1 aromatic carbocycles. The van der Waals surface area contributed by atoms with E-state index in [0.717, 1.165) is 0 Å². The number of guanidine groups is 1. The lowest BCUT2D eigenvalue weighted by atomic mass is 10.0. The molecule has 0 aliphatic heterocycles. The third kappa shape index (κ3) is 12.5. The fourth-order valence-corrected chi connectivity index (χ4v) is 3.48. The van der Waals surface area contributed by atoms with Crippen LogP contribution in [0, 0.1) is 0 Å². The molecule has 0 fully saturated rings. The van der Waals surface area contributed by atoms with Gasteiger partial charge in [-0.2, -0.15) is 0 Å². The molecular weight excluding hydrogens is 496 g/mol. The van der Waals surface area contributed by atoms with Crippen LogP contribution < -0.4 is 38.9 Å². The number of carboxylic acids is 1. The number of aliphatic imine (C=N–C) groups is 1. The Balaban J connectivity index is 2.94. The molecule has 0 aliphatic carbocycles. The zero-order chi connectivity index (χ0) is 28.5. The summed E-state index contributed by atoms with van der Waals surface area (Å²) in [5.41, 5.74) is 22.5. The van der Waals surface area contributed by atoms with Crippen molar-refractivity contribution >= 4 is 29.7 Å². The predicted molar refractivity (Wildman–Crippen MR) is 141 cm³/mol. The van der Waals surface area contributed by atoms with Crippen molar-refractivity contribution in [3.63, 3.8) is 0 Å². The van der Waals surface area contributed by atoms with E-state index in [4.69, 9.17) is 22.9 Å². The van der Waals surface area contributed by atoms with Crippen molar-refractivity contribution in [2.24, 2.45) is 27.9 Å². The van der Waals surface area contributed by atoms with Crippen LogP contribution in [0.4, 0.5) is 0 Å². The first-order valence-corrected chi connectivity index (χ1v) is 12.4. The number of carbonyl (C=O) groups excluding carboxylic acids is 3. The molecule has 3 amide bonds. The second kappa shape index (κ2) is 17.7. The van der Waals surface area contributed by atoms with Crippen molar-refractivity contribution < 1.29 is 29.4 Å². The Morgan fingerprint density at radius 2 is 1.45 bits per heavy atom. The molecule has 13 N–H and O–H groups in total. The Bertz CT molecular complexity index is 926. The highest BCUT2D eigenvalue weighted by Crippen LogP contribution is 2.07. The molecule has 0 bridgehead atoms. The van der Waals surface area contributed by atoms with Crippen LogP contribution in [0.25, 0.3) is 0 Å². The molecule has 0 saturated carbocycles. The number of nitrogens with one attached hydrogen (secondary N) is 3. The third-order valence-electron chi connectivity index (χ3n) is 5.60. The summed E-state index contributed by atoms with van der Waals surface area (Å²) in [6.45, 7) is -0.104. The van der Waals surface area contributed by atoms with E-state index in [9.17, 15) is 29.4 Å². The fourth-order valence-electron chi connectivity index (χ4n) is 3.48. The Hall–Kier alpha value is -3.75. The van der Waals surface area contributed by atoms with E-state index < -0.39 is 54.5 Å². The van der Waals surface area contributed by atoms with E-state index in [1.165, 1.54) is 0 Å².